The molecule has 0 aliphatic heterocycles. The summed E-state index contributed by atoms with van der Waals surface area (Å²) < 4.78 is 0. The van der Waals surface area contributed by atoms with Crippen molar-refractivity contribution in [1.82, 2.24) is 10.2 Å². The third-order valence-electron chi connectivity index (χ3n) is 3.91. The lowest BCUT2D eigenvalue weighted by atomic mass is 9.79. The molecule has 3 N–H and O–H groups in total. The molecular formula is C13H25N3O2. The fourth-order valence-electron chi connectivity index (χ4n) is 2.68. The number of nitrogens with two attached hydrogens (primary N) is 1. The molecule has 1 rings (SSSR count). The van der Waals surface area contributed by atoms with Crippen molar-refractivity contribution in [2.75, 3.05) is 27.2 Å². The second-order valence-corrected chi connectivity index (χ2v) is 5.23. The molecule has 5 heteroatoms. The van der Waals surface area contributed by atoms with Crippen LogP contribution >= 0.6 is 0 Å². The van der Waals surface area contributed by atoms with E-state index in [4.69, 9.17) is 5.73 Å². The quantitative estimate of drug-likeness (QED) is 0.718. The van der Waals surface area contributed by atoms with Crippen LogP contribution in [0.25, 0.3) is 0 Å². The molecule has 0 atom stereocenters. The first-order valence-electron chi connectivity index (χ1n) is 6.72. The molecule has 2 amide bonds. The van der Waals surface area contributed by atoms with Crippen LogP contribution in [0.4, 0.5) is 0 Å². The largest absolute Gasteiger partial charge is 0.358 e. The van der Waals surface area contributed by atoms with E-state index in [9.17, 15) is 9.59 Å². The lowest BCUT2D eigenvalue weighted by molar-refractivity contribution is -0.143. The summed E-state index contributed by atoms with van der Waals surface area (Å²) in [7, 11) is 3.25. The average Bonchev–Trinajstić information content (AvgIpc) is 2.63. The molecule has 0 unspecified atom stereocenters. The lowest BCUT2D eigenvalue weighted by Gasteiger charge is -2.33. The van der Waals surface area contributed by atoms with Gasteiger partial charge in [-0.1, -0.05) is 25.7 Å². The van der Waals surface area contributed by atoms with Crippen LogP contribution in [0.3, 0.4) is 0 Å². The number of hydrogen-bond acceptors (Lipinski definition) is 3. The van der Waals surface area contributed by atoms with Crippen molar-refractivity contribution in [3.63, 3.8) is 0 Å². The van der Waals surface area contributed by atoms with Crippen molar-refractivity contribution in [2.45, 2.75) is 38.5 Å². The van der Waals surface area contributed by atoms with Gasteiger partial charge < -0.3 is 16.0 Å². The van der Waals surface area contributed by atoms with Gasteiger partial charge in [-0.2, -0.15) is 0 Å². The van der Waals surface area contributed by atoms with Crippen molar-refractivity contribution in [3.8, 4) is 0 Å². The van der Waals surface area contributed by atoms with Gasteiger partial charge in [0, 0.05) is 20.6 Å². The molecular weight excluding hydrogens is 230 g/mol. The number of carbonyl (C=O) groups excluding carboxylic acids is 2. The van der Waals surface area contributed by atoms with Crippen LogP contribution in [0.15, 0.2) is 0 Å². The van der Waals surface area contributed by atoms with Crippen molar-refractivity contribution < 1.29 is 9.59 Å². The molecule has 0 spiro atoms. The summed E-state index contributed by atoms with van der Waals surface area (Å²) in [6.07, 6.45) is 6.15. The minimum absolute atomic E-state index is 0.0236. The lowest BCUT2D eigenvalue weighted by Crippen LogP contribution is -2.49. The molecule has 0 heterocycles. The van der Waals surface area contributed by atoms with Crippen molar-refractivity contribution in [1.29, 1.82) is 0 Å². The van der Waals surface area contributed by atoms with Gasteiger partial charge >= 0.3 is 0 Å². The van der Waals surface area contributed by atoms with E-state index in [0.29, 0.717) is 6.54 Å². The Morgan fingerprint density at radius 3 is 2.22 bits per heavy atom. The topological polar surface area (TPSA) is 75.4 Å². The van der Waals surface area contributed by atoms with E-state index in [1.165, 1.54) is 17.7 Å². The number of nitrogens with one attached hydrogen (secondary N) is 1. The standard InChI is InChI=1S/C13H25N3O2/c1-15-11(17)9-16(2)12(18)13(10-14)7-5-3-4-6-8-13/h3-10,14H2,1-2H3,(H,15,17). The zero-order valence-electron chi connectivity index (χ0n) is 11.5. The Kier molecular flexibility index (Phi) is 5.59. The first-order valence-corrected chi connectivity index (χ1v) is 6.72. The summed E-state index contributed by atoms with van der Waals surface area (Å²) in [6, 6.07) is 0. The maximum Gasteiger partial charge on any atom is 0.239 e. The Labute approximate surface area is 109 Å². The van der Waals surface area contributed by atoms with Gasteiger partial charge in [0.15, 0.2) is 0 Å². The number of rotatable bonds is 4. The maximum absolute atomic E-state index is 12.5. The summed E-state index contributed by atoms with van der Waals surface area (Å²) >= 11 is 0. The molecule has 1 fully saturated rings. The number of likely N-dealkylation sites (N-methyl/N-ethyl adjacent to an activating group) is 2. The minimum atomic E-state index is -0.445. The summed E-state index contributed by atoms with van der Waals surface area (Å²) in [5, 5.41) is 2.53. The van der Waals surface area contributed by atoms with E-state index in [-0.39, 0.29) is 18.4 Å². The molecule has 0 saturated heterocycles. The molecule has 0 aromatic heterocycles. The minimum Gasteiger partial charge on any atom is -0.358 e. The van der Waals surface area contributed by atoms with E-state index in [2.05, 4.69) is 5.32 Å². The number of hydrogen-bond donors (Lipinski definition) is 2. The summed E-state index contributed by atoms with van der Waals surface area (Å²) in [5.41, 5.74) is 5.42. The smallest absolute Gasteiger partial charge is 0.239 e. The fourth-order valence-corrected chi connectivity index (χ4v) is 2.68. The van der Waals surface area contributed by atoms with Crippen LogP contribution < -0.4 is 11.1 Å². The van der Waals surface area contributed by atoms with Gasteiger partial charge in [-0.15, -0.1) is 0 Å². The number of amides is 2. The molecule has 1 saturated carbocycles. The second-order valence-electron chi connectivity index (χ2n) is 5.23. The Morgan fingerprint density at radius 1 is 1.22 bits per heavy atom. The normalized spacial score (nSPS) is 18.8. The molecule has 1 aliphatic carbocycles. The molecule has 0 aromatic carbocycles. The highest BCUT2D eigenvalue weighted by Gasteiger charge is 2.39. The van der Waals surface area contributed by atoms with E-state index >= 15 is 0 Å². The Hall–Kier alpha value is -1.10. The zero-order chi connectivity index (χ0) is 13.6. The van der Waals surface area contributed by atoms with Crippen LogP contribution in [-0.4, -0.2) is 43.9 Å². The summed E-state index contributed by atoms with van der Waals surface area (Å²) in [4.78, 5) is 25.4. The van der Waals surface area contributed by atoms with Crippen molar-refractivity contribution in [2.24, 2.45) is 11.1 Å². The number of nitrogens with zero attached hydrogens (tertiary/aromatic N) is 1. The van der Waals surface area contributed by atoms with Gasteiger partial charge in [0.1, 0.15) is 0 Å². The first kappa shape index (κ1) is 15.0. The Bertz CT molecular complexity index is 297. The van der Waals surface area contributed by atoms with Crippen LogP contribution in [0.2, 0.25) is 0 Å². The molecule has 0 bridgehead atoms. The van der Waals surface area contributed by atoms with Gasteiger partial charge in [0.25, 0.3) is 0 Å². The maximum atomic E-state index is 12.5. The predicted octanol–water partition coefficient (Wildman–Crippen LogP) is 0.490. The second kappa shape index (κ2) is 6.73. The molecule has 0 aromatic rings. The van der Waals surface area contributed by atoms with E-state index in [1.54, 1.807) is 14.1 Å². The highest BCUT2D eigenvalue weighted by molar-refractivity contribution is 5.87. The van der Waals surface area contributed by atoms with Crippen LogP contribution in [0, 0.1) is 5.41 Å². The zero-order valence-corrected chi connectivity index (χ0v) is 11.5. The third kappa shape index (κ3) is 3.45. The van der Waals surface area contributed by atoms with Crippen LogP contribution in [0.5, 0.6) is 0 Å². The van der Waals surface area contributed by atoms with E-state index in [1.807, 2.05) is 0 Å². The van der Waals surface area contributed by atoms with Gasteiger partial charge in [0.05, 0.1) is 12.0 Å². The third-order valence-corrected chi connectivity index (χ3v) is 3.91. The van der Waals surface area contributed by atoms with E-state index < -0.39 is 5.41 Å². The molecule has 0 radical (unpaired) electrons. The SMILES string of the molecule is CNC(=O)CN(C)C(=O)C1(CN)CCCCCC1. The van der Waals surface area contributed by atoms with Gasteiger partial charge in [-0.05, 0) is 12.8 Å². The highest BCUT2D eigenvalue weighted by Crippen LogP contribution is 2.35. The molecule has 104 valence electrons. The van der Waals surface area contributed by atoms with Gasteiger partial charge in [0.2, 0.25) is 11.8 Å². The Balaban J connectivity index is 2.73. The summed E-state index contributed by atoms with van der Waals surface area (Å²) in [6.45, 7) is 0.487. The number of carbonyl (C=O) groups is 2. The average molecular weight is 255 g/mol. The van der Waals surface area contributed by atoms with Crippen molar-refractivity contribution in [3.05, 3.63) is 0 Å². The van der Waals surface area contributed by atoms with E-state index in [0.717, 1.165) is 25.7 Å². The molecule has 5 nitrogen and oxygen atoms in total. The summed E-state index contributed by atoms with van der Waals surface area (Å²) in [5.74, 6) is -0.123. The fraction of sp³-hybridized carbons (Fsp3) is 0.846. The van der Waals surface area contributed by atoms with Crippen LogP contribution in [-0.2, 0) is 9.59 Å². The molecule has 1 aliphatic rings. The monoisotopic (exact) mass is 255 g/mol. The van der Waals surface area contributed by atoms with Gasteiger partial charge in [-0.3, -0.25) is 9.59 Å². The highest BCUT2D eigenvalue weighted by atomic mass is 16.2. The van der Waals surface area contributed by atoms with Crippen molar-refractivity contribution >= 4 is 11.8 Å². The predicted molar refractivity (Wildman–Crippen MR) is 70.9 cm³/mol. The van der Waals surface area contributed by atoms with Gasteiger partial charge in [-0.25, -0.2) is 0 Å². The molecule has 18 heavy (non-hydrogen) atoms. The Morgan fingerprint density at radius 2 is 1.78 bits per heavy atom. The van der Waals surface area contributed by atoms with Crippen LogP contribution in [0.1, 0.15) is 38.5 Å². The first-order chi connectivity index (χ1) is 8.55.